The summed E-state index contributed by atoms with van der Waals surface area (Å²) in [5, 5.41) is 2.77. The number of anilines is 1. The van der Waals surface area contributed by atoms with Crippen molar-refractivity contribution in [3.05, 3.63) is 48.0 Å². The number of benzene rings is 2. The second-order valence-corrected chi connectivity index (χ2v) is 7.49. The van der Waals surface area contributed by atoms with E-state index in [4.69, 9.17) is 9.47 Å². The van der Waals surface area contributed by atoms with Gasteiger partial charge in [0.05, 0.1) is 10.6 Å². The van der Waals surface area contributed by atoms with Crippen LogP contribution in [-0.2, 0) is 10.0 Å². The van der Waals surface area contributed by atoms with E-state index in [9.17, 15) is 13.2 Å². The summed E-state index contributed by atoms with van der Waals surface area (Å²) in [6.45, 7) is 2.70. The average Bonchev–Trinajstić information content (AvgIpc) is 3.09. The fraction of sp³-hybridized carbons (Fsp3) is 0.278. The lowest BCUT2D eigenvalue weighted by atomic mass is 10.2. The molecule has 26 heavy (non-hydrogen) atoms. The lowest BCUT2D eigenvalue weighted by Gasteiger charge is -2.10. The van der Waals surface area contributed by atoms with Crippen LogP contribution in [0.1, 0.15) is 30.1 Å². The molecule has 2 N–H and O–H groups in total. The Bertz CT molecular complexity index is 912. The van der Waals surface area contributed by atoms with E-state index in [0.29, 0.717) is 29.3 Å². The molecule has 0 radical (unpaired) electrons. The molecule has 3 rings (SSSR count). The monoisotopic (exact) mass is 376 g/mol. The third-order valence-corrected chi connectivity index (χ3v) is 5.23. The lowest BCUT2D eigenvalue weighted by molar-refractivity contribution is 0.0953. The number of ether oxygens (including phenoxy) is 2. The van der Waals surface area contributed by atoms with E-state index in [0.717, 1.165) is 12.8 Å². The van der Waals surface area contributed by atoms with Gasteiger partial charge >= 0.3 is 0 Å². The van der Waals surface area contributed by atoms with Crippen molar-refractivity contribution >= 4 is 21.6 Å². The number of nitrogens with one attached hydrogen (secondary N) is 2. The van der Waals surface area contributed by atoms with Gasteiger partial charge in [-0.3, -0.25) is 9.52 Å². The van der Waals surface area contributed by atoms with Crippen molar-refractivity contribution in [1.82, 2.24) is 5.32 Å². The van der Waals surface area contributed by atoms with E-state index in [1.807, 2.05) is 6.92 Å². The van der Waals surface area contributed by atoms with Gasteiger partial charge in [0.2, 0.25) is 6.79 Å². The van der Waals surface area contributed by atoms with Crippen molar-refractivity contribution in [3.8, 4) is 11.5 Å². The van der Waals surface area contributed by atoms with Gasteiger partial charge in [0, 0.05) is 18.2 Å². The zero-order valence-corrected chi connectivity index (χ0v) is 15.1. The molecule has 0 atom stereocenters. The molecule has 1 aliphatic rings. The topological polar surface area (TPSA) is 93.7 Å². The van der Waals surface area contributed by atoms with Crippen LogP contribution in [0.15, 0.2) is 47.4 Å². The highest BCUT2D eigenvalue weighted by Gasteiger charge is 2.19. The summed E-state index contributed by atoms with van der Waals surface area (Å²) in [4.78, 5) is 12.1. The molecule has 0 aliphatic carbocycles. The van der Waals surface area contributed by atoms with Crippen LogP contribution in [0.4, 0.5) is 5.69 Å². The summed E-state index contributed by atoms with van der Waals surface area (Å²) in [5.74, 6) is 0.756. The van der Waals surface area contributed by atoms with Crippen molar-refractivity contribution in [3.63, 3.8) is 0 Å². The Hall–Kier alpha value is -2.74. The number of sulfonamides is 1. The summed E-state index contributed by atoms with van der Waals surface area (Å²) in [6, 6.07) is 10.7. The third-order valence-electron chi connectivity index (χ3n) is 3.85. The number of hydrogen-bond donors (Lipinski definition) is 2. The van der Waals surface area contributed by atoms with Crippen LogP contribution in [0.2, 0.25) is 0 Å². The van der Waals surface area contributed by atoms with Gasteiger partial charge in [-0.2, -0.15) is 0 Å². The molecule has 2 aromatic rings. The van der Waals surface area contributed by atoms with Gasteiger partial charge < -0.3 is 14.8 Å². The second-order valence-electron chi connectivity index (χ2n) is 5.81. The second kappa shape index (κ2) is 7.65. The Morgan fingerprint density at radius 1 is 1.12 bits per heavy atom. The predicted molar refractivity (Wildman–Crippen MR) is 97.1 cm³/mol. The molecular weight excluding hydrogens is 356 g/mol. The first-order valence-corrected chi connectivity index (χ1v) is 9.78. The Labute approximate surface area is 152 Å². The van der Waals surface area contributed by atoms with Gasteiger partial charge in [-0.1, -0.05) is 19.4 Å². The van der Waals surface area contributed by atoms with Crippen molar-refractivity contribution in [1.29, 1.82) is 0 Å². The Morgan fingerprint density at radius 3 is 2.73 bits per heavy atom. The predicted octanol–water partition coefficient (Wildman–Crippen LogP) is 2.75. The van der Waals surface area contributed by atoms with Crippen molar-refractivity contribution in [2.24, 2.45) is 0 Å². The van der Waals surface area contributed by atoms with Crippen LogP contribution >= 0.6 is 0 Å². The van der Waals surface area contributed by atoms with Gasteiger partial charge in [-0.25, -0.2) is 8.42 Å². The molecule has 0 spiro atoms. The SMILES string of the molecule is CCCCNC(=O)c1cccc(S(=O)(=O)Nc2ccc3c(c2)OCO3)c1. The van der Waals surface area contributed by atoms with Crippen LogP contribution in [0.3, 0.4) is 0 Å². The van der Waals surface area contributed by atoms with Crippen LogP contribution in [-0.4, -0.2) is 27.7 Å². The molecule has 2 aromatic carbocycles. The zero-order chi connectivity index (χ0) is 18.6. The maximum atomic E-state index is 12.6. The fourth-order valence-corrected chi connectivity index (χ4v) is 3.55. The number of hydrogen-bond acceptors (Lipinski definition) is 5. The molecule has 1 heterocycles. The largest absolute Gasteiger partial charge is 0.454 e. The molecule has 0 unspecified atom stereocenters. The van der Waals surface area contributed by atoms with E-state index < -0.39 is 10.0 Å². The maximum absolute atomic E-state index is 12.6. The molecule has 1 amide bonds. The number of carbonyl (C=O) groups is 1. The van der Waals surface area contributed by atoms with Gasteiger partial charge in [-0.05, 0) is 36.8 Å². The molecule has 138 valence electrons. The minimum atomic E-state index is -3.84. The smallest absolute Gasteiger partial charge is 0.261 e. The molecule has 1 aliphatic heterocycles. The normalized spacial score (nSPS) is 12.7. The molecule has 0 saturated heterocycles. The van der Waals surface area contributed by atoms with Crippen LogP contribution < -0.4 is 19.5 Å². The minimum Gasteiger partial charge on any atom is -0.454 e. The molecule has 7 nitrogen and oxygen atoms in total. The molecule has 0 saturated carbocycles. The number of rotatable bonds is 7. The van der Waals surface area contributed by atoms with Crippen molar-refractivity contribution in [2.45, 2.75) is 24.7 Å². The number of unbranched alkanes of at least 4 members (excludes halogenated alkanes) is 1. The van der Waals surface area contributed by atoms with E-state index in [1.54, 1.807) is 30.3 Å². The van der Waals surface area contributed by atoms with Gasteiger partial charge in [0.25, 0.3) is 15.9 Å². The first-order valence-electron chi connectivity index (χ1n) is 8.30. The number of carbonyl (C=O) groups excluding carboxylic acids is 1. The summed E-state index contributed by atoms with van der Waals surface area (Å²) >= 11 is 0. The molecule has 0 bridgehead atoms. The average molecular weight is 376 g/mol. The van der Waals surface area contributed by atoms with Gasteiger partial charge in [0.1, 0.15) is 0 Å². The highest BCUT2D eigenvalue weighted by atomic mass is 32.2. The quantitative estimate of drug-likeness (QED) is 0.725. The third kappa shape index (κ3) is 4.08. The van der Waals surface area contributed by atoms with Crippen LogP contribution in [0.5, 0.6) is 11.5 Å². The van der Waals surface area contributed by atoms with Gasteiger partial charge in [-0.15, -0.1) is 0 Å². The van der Waals surface area contributed by atoms with Crippen molar-refractivity contribution in [2.75, 3.05) is 18.1 Å². The maximum Gasteiger partial charge on any atom is 0.261 e. The van der Waals surface area contributed by atoms with Crippen molar-refractivity contribution < 1.29 is 22.7 Å². The molecular formula is C18H20N2O5S. The minimum absolute atomic E-state index is 0.0123. The lowest BCUT2D eigenvalue weighted by Crippen LogP contribution is -2.24. The van der Waals surface area contributed by atoms with Crippen LogP contribution in [0.25, 0.3) is 0 Å². The Kier molecular flexibility index (Phi) is 5.32. The Morgan fingerprint density at radius 2 is 1.92 bits per heavy atom. The molecule has 0 fully saturated rings. The van der Waals surface area contributed by atoms with Crippen LogP contribution in [0, 0.1) is 0 Å². The highest BCUT2D eigenvalue weighted by molar-refractivity contribution is 7.92. The standard InChI is InChI=1S/C18H20N2O5S/c1-2-3-9-19-18(21)13-5-4-6-15(10-13)26(22,23)20-14-7-8-16-17(11-14)25-12-24-16/h4-8,10-11,20H,2-3,9,12H2,1H3,(H,19,21). The number of fused-ring (bicyclic) bond motifs is 1. The summed E-state index contributed by atoms with van der Waals surface area (Å²) in [6.07, 6.45) is 1.84. The summed E-state index contributed by atoms with van der Waals surface area (Å²) < 4.78 is 38.2. The molecule has 8 heteroatoms. The first-order chi connectivity index (χ1) is 12.5. The zero-order valence-electron chi connectivity index (χ0n) is 14.3. The van der Waals surface area contributed by atoms with E-state index in [-0.39, 0.29) is 17.6 Å². The van der Waals surface area contributed by atoms with Gasteiger partial charge in [0.15, 0.2) is 11.5 Å². The highest BCUT2D eigenvalue weighted by Crippen LogP contribution is 2.34. The molecule has 0 aromatic heterocycles. The van der Waals surface area contributed by atoms with E-state index >= 15 is 0 Å². The van der Waals surface area contributed by atoms with E-state index in [2.05, 4.69) is 10.0 Å². The number of amides is 1. The fourth-order valence-electron chi connectivity index (χ4n) is 2.46. The summed E-state index contributed by atoms with van der Waals surface area (Å²) in [7, 11) is -3.84. The van der Waals surface area contributed by atoms with E-state index in [1.165, 1.54) is 12.1 Å². The summed E-state index contributed by atoms with van der Waals surface area (Å²) in [5.41, 5.74) is 0.654. The Balaban J connectivity index is 1.77. The first kappa shape index (κ1) is 18.1.